The number of nitrogens with one attached hydrogen (secondary N) is 2. The van der Waals surface area contributed by atoms with Crippen molar-refractivity contribution in [2.75, 3.05) is 13.1 Å². The highest BCUT2D eigenvalue weighted by Crippen LogP contribution is 2.15. The van der Waals surface area contributed by atoms with Gasteiger partial charge in [0.15, 0.2) is 5.82 Å². The fourth-order valence-electron chi connectivity index (χ4n) is 2.36. The summed E-state index contributed by atoms with van der Waals surface area (Å²) in [6.45, 7) is 4.06. The first-order valence-corrected chi connectivity index (χ1v) is 6.51. The zero-order valence-electron chi connectivity index (χ0n) is 11.0. The summed E-state index contributed by atoms with van der Waals surface area (Å²) in [7, 11) is 1.88. The Bertz CT molecular complexity index is 397. The average Bonchev–Trinajstić information content (AvgIpc) is 2.97. The summed E-state index contributed by atoms with van der Waals surface area (Å²) in [5, 5.41) is 14.1. The maximum atomic E-state index is 11.8. The van der Waals surface area contributed by atoms with Crippen molar-refractivity contribution in [2.24, 2.45) is 13.0 Å². The van der Waals surface area contributed by atoms with Crippen molar-refractivity contribution in [3.63, 3.8) is 0 Å². The quantitative estimate of drug-likeness (QED) is 0.793. The molecule has 0 aromatic carbocycles. The van der Waals surface area contributed by atoms with Gasteiger partial charge in [0.25, 0.3) is 0 Å². The third-order valence-corrected chi connectivity index (χ3v) is 3.45. The number of carbonyl (C=O) groups is 1. The van der Waals surface area contributed by atoms with Crippen molar-refractivity contribution >= 4 is 5.91 Å². The Kier molecular flexibility index (Phi) is 4.30. The van der Waals surface area contributed by atoms with Crippen LogP contribution in [-0.2, 0) is 11.8 Å². The fourth-order valence-corrected chi connectivity index (χ4v) is 2.36. The Balaban J connectivity index is 1.75. The number of hydrogen-bond donors (Lipinski definition) is 2. The summed E-state index contributed by atoms with van der Waals surface area (Å²) in [5.74, 6) is 1.53. The maximum Gasteiger partial charge on any atom is 0.220 e. The molecule has 2 N–H and O–H groups in total. The highest BCUT2D eigenvalue weighted by atomic mass is 16.1. The van der Waals surface area contributed by atoms with E-state index in [4.69, 9.17) is 0 Å². The summed E-state index contributed by atoms with van der Waals surface area (Å²) in [5.41, 5.74) is 0. The topological polar surface area (TPSA) is 71.8 Å². The third-order valence-electron chi connectivity index (χ3n) is 3.45. The standard InChI is InChI=1S/C12H21N5O/c1-9(12-16-14-8-17(12)2)15-11(18)4-3-10-5-6-13-7-10/h8-10,13H,3-7H2,1-2H3,(H,15,18). The zero-order chi connectivity index (χ0) is 13.0. The Labute approximate surface area is 107 Å². The number of rotatable bonds is 5. The van der Waals surface area contributed by atoms with E-state index in [2.05, 4.69) is 20.8 Å². The molecule has 0 saturated carbocycles. The molecule has 0 bridgehead atoms. The monoisotopic (exact) mass is 251 g/mol. The van der Waals surface area contributed by atoms with Crippen LogP contribution < -0.4 is 10.6 Å². The molecule has 1 aromatic rings. The fraction of sp³-hybridized carbons (Fsp3) is 0.750. The molecule has 100 valence electrons. The van der Waals surface area contributed by atoms with Gasteiger partial charge in [-0.15, -0.1) is 10.2 Å². The lowest BCUT2D eigenvalue weighted by atomic mass is 10.0. The number of amides is 1. The Morgan fingerprint density at radius 2 is 2.56 bits per heavy atom. The predicted molar refractivity (Wildman–Crippen MR) is 67.8 cm³/mol. The summed E-state index contributed by atoms with van der Waals surface area (Å²) >= 11 is 0. The van der Waals surface area contributed by atoms with Crippen molar-refractivity contribution < 1.29 is 4.79 Å². The molecule has 2 unspecified atom stereocenters. The molecule has 6 heteroatoms. The highest BCUT2D eigenvalue weighted by molar-refractivity contribution is 5.76. The first-order chi connectivity index (χ1) is 8.66. The molecule has 2 rings (SSSR count). The largest absolute Gasteiger partial charge is 0.346 e. The first kappa shape index (κ1) is 13.0. The van der Waals surface area contributed by atoms with Gasteiger partial charge in [0, 0.05) is 13.5 Å². The van der Waals surface area contributed by atoms with E-state index in [1.807, 2.05) is 18.5 Å². The number of hydrogen-bond acceptors (Lipinski definition) is 4. The van der Waals surface area contributed by atoms with Crippen molar-refractivity contribution in [3.05, 3.63) is 12.2 Å². The normalized spacial score (nSPS) is 20.9. The molecule has 1 fully saturated rings. The molecule has 18 heavy (non-hydrogen) atoms. The first-order valence-electron chi connectivity index (χ1n) is 6.51. The molecule has 0 aliphatic carbocycles. The second-order valence-electron chi connectivity index (χ2n) is 4.99. The minimum Gasteiger partial charge on any atom is -0.346 e. The summed E-state index contributed by atoms with van der Waals surface area (Å²) < 4.78 is 1.83. The van der Waals surface area contributed by atoms with Crippen molar-refractivity contribution in [3.8, 4) is 0 Å². The number of aromatic nitrogens is 3. The van der Waals surface area contributed by atoms with Crippen LogP contribution in [-0.4, -0.2) is 33.8 Å². The molecule has 2 atom stereocenters. The average molecular weight is 251 g/mol. The Hall–Kier alpha value is -1.43. The van der Waals surface area contributed by atoms with Crippen LogP contribution in [0.1, 0.15) is 38.1 Å². The van der Waals surface area contributed by atoms with E-state index in [0.717, 1.165) is 25.3 Å². The molecule has 1 aliphatic heterocycles. The summed E-state index contributed by atoms with van der Waals surface area (Å²) in [6.07, 6.45) is 4.38. The van der Waals surface area contributed by atoms with E-state index in [1.165, 1.54) is 6.42 Å². The van der Waals surface area contributed by atoms with E-state index in [1.54, 1.807) is 6.33 Å². The van der Waals surface area contributed by atoms with Gasteiger partial charge in [0.1, 0.15) is 6.33 Å². The molecule has 0 spiro atoms. The molecule has 1 aliphatic rings. The molecule has 1 amide bonds. The molecule has 1 saturated heterocycles. The predicted octanol–water partition coefficient (Wildman–Crippen LogP) is 0.382. The number of aryl methyl sites for hydroxylation is 1. The lowest BCUT2D eigenvalue weighted by molar-refractivity contribution is -0.122. The van der Waals surface area contributed by atoms with Crippen LogP contribution in [0, 0.1) is 5.92 Å². The van der Waals surface area contributed by atoms with Crippen LogP contribution in [0.25, 0.3) is 0 Å². The van der Waals surface area contributed by atoms with Crippen LogP contribution in [0.5, 0.6) is 0 Å². The smallest absolute Gasteiger partial charge is 0.220 e. The van der Waals surface area contributed by atoms with Crippen LogP contribution in [0.4, 0.5) is 0 Å². The van der Waals surface area contributed by atoms with Gasteiger partial charge < -0.3 is 15.2 Å². The Morgan fingerprint density at radius 3 is 3.17 bits per heavy atom. The van der Waals surface area contributed by atoms with Gasteiger partial charge in [-0.05, 0) is 38.8 Å². The van der Waals surface area contributed by atoms with Crippen LogP contribution in [0.2, 0.25) is 0 Å². The number of nitrogens with zero attached hydrogens (tertiary/aromatic N) is 3. The zero-order valence-corrected chi connectivity index (χ0v) is 11.0. The molecule has 2 heterocycles. The number of carbonyl (C=O) groups excluding carboxylic acids is 1. The van der Waals surface area contributed by atoms with E-state index in [9.17, 15) is 4.79 Å². The molecule has 1 aromatic heterocycles. The second-order valence-corrected chi connectivity index (χ2v) is 4.99. The minimum atomic E-state index is -0.0910. The van der Waals surface area contributed by atoms with E-state index < -0.39 is 0 Å². The minimum absolute atomic E-state index is 0.0910. The van der Waals surface area contributed by atoms with Gasteiger partial charge >= 0.3 is 0 Å². The van der Waals surface area contributed by atoms with Gasteiger partial charge in [-0.2, -0.15) is 0 Å². The van der Waals surface area contributed by atoms with Crippen LogP contribution in [0.3, 0.4) is 0 Å². The van der Waals surface area contributed by atoms with Gasteiger partial charge in [-0.1, -0.05) is 0 Å². The Morgan fingerprint density at radius 1 is 1.72 bits per heavy atom. The summed E-state index contributed by atoms with van der Waals surface area (Å²) in [4.78, 5) is 11.8. The van der Waals surface area contributed by atoms with E-state index in [0.29, 0.717) is 12.3 Å². The van der Waals surface area contributed by atoms with Crippen molar-refractivity contribution in [1.29, 1.82) is 0 Å². The van der Waals surface area contributed by atoms with Crippen molar-refractivity contribution in [1.82, 2.24) is 25.4 Å². The second kappa shape index (κ2) is 5.95. The van der Waals surface area contributed by atoms with Crippen LogP contribution in [0.15, 0.2) is 6.33 Å². The van der Waals surface area contributed by atoms with E-state index >= 15 is 0 Å². The van der Waals surface area contributed by atoms with Gasteiger partial charge in [0.2, 0.25) is 5.91 Å². The maximum absolute atomic E-state index is 11.8. The third kappa shape index (κ3) is 3.29. The lowest BCUT2D eigenvalue weighted by Gasteiger charge is -2.14. The summed E-state index contributed by atoms with van der Waals surface area (Å²) in [6, 6.07) is -0.0910. The molecular formula is C12H21N5O. The van der Waals surface area contributed by atoms with Gasteiger partial charge in [0.05, 0.1) is 6.04 Å². The van der Waals surface area contributed by atoms with E-state index in [-0.39, 0.29) is 11.9 Å². The lowest BCUT2D eigenvalue weighted by Crippen LogP contribution is -2.28. The van der Waals surface area contributed by atoms with Crippen molar-refractivity contribution in [2.45, 2.75) is 32.2 Å². The van der Waals surface area contributed by atoms with Crippen LogP contribution >= 0.6 is 0 Å². The molecular weight excluding hydrogens is 230 g/mol. The molecule has 6 nitrogen and oxygen atoms in total. The highest BCUT2D eigenvalue weighted by Gasteiger charge is 2.18. The molecule has 0 radical (unpaired) electrons. The van der Waals surface area contributed by atoms with Gasteiger partial charge in [-0.25, -0.2) is 0 Å². The van der Waals surface area contributed by atoms with Gasteiger partial charge in [-0.3, -0.25) is 4.79 Å². The SMILES string of the molecule is CC(NC(=O)CCC1CCNC1)c1nncn1C.